The summed E-state index contributed by atoms with van der Waals surface area (Å²) in [5.41, 5.74) is 3.72. The van der Waals surface area contributed by atoms with Crippen LogP contribution in [0.15, 0.2) is 61.1 Å². The molecule has 1 atom stereocenters. The van der Waals surface area contributed by atoms with Crippen molar-refractivity contribution in [1.82, 2.24) is 19.9 Å². The molecule has 0 radical (unpaired) electrons. The Kier molecular flexibility index (Phi) is 7.16. The number of nitrogens with one attached hydrogen (secondary N) is 1. The van der Waals surface area contributed by atoms with Crippen LogP contribution in [0.1, 0.15) is 18.5 Å². The third-order valence-electron chi connectivity index (χ3n) is 6.54. The highest BCUT2D eigenvalue weighted by atomic mass is 35.5. The number of carboxylic acids is 1. The van der Waals surface area contributed by atoms with Crippen molar-refractivity contribution >= 4 is 40.1 Å². The van der Waals surface area contributed by atoms with Gasteiger partial charge in [-0.05, 0) is 30.7 Å². The molecule has 0 saturated carbocycles. The smallest absolute Gasteiger partial charge is 0.317 e. The summed E-state index contributed by atoms with van der Waals surface area (Å²) >= 11 is 6.53. The van der Waals surface area contributed by atoms with Gasteiger partial charge in [-0.3, -0.25) is 14.7 Å². The zero-order valence-corrected chi connectivity index (χ0v) is 21.0. The van der Waals surface area contributed by atoms with Gasteiger partial charge in [0.15, 0.2) is 0 Å². The number of rotatable bonds is 7. The zero-order chi connectivity index (χ0) is 25.9. The number of halogens is 2. The highest BCUT2D eigenvalue weighted by Gasteiger charge is 2.21. The van der Waals surface area contributed by atoms with E-state index in [1.807, 2.05) is 30.0 Å². The Morgan fingerprint density at radius 3 is 2.49 bits per heavy atom. The lowest BCUT2D eigenvalue weighted by Crippen LogP contribution is -2.48. The molecule has 37 heavy (non-hydrogen) atoms. The molecule has 3 heterocycles. The Bertz CT molecular complexity index is 1430. The molecular formula is C27H26ClFN6O2. The summed E-state index contributed by atoms with van der Waals surface area (Å²) in [6.07, 6.45) is 5.15. The van der Waals surface area contributed by atoms with Gasteiger partial charge in [0.2, 0.25) is 5.95 Å². The molecule has 190 valence electrons. The number of aromatic nitrogens is 3. The summed E-state index contributed by atoms with van der Waals surface area (Å²) < 4.78 is 14.4. The van der Waals surface area contributed by atoms with Gasteiger partial charge in [-0.1, -0.05) is 35.9 Å². The Hall–Kier alpha value is -3.82. The summed E-state index contributed by atoms with van der Waals surface area (Å²) in [5, 5.41) is 13.6. The molecule has 4 aromatic rings. The maximum absolute atomic E-state index is 14.4. The van der Waals surface area contributed by atoms with Gasteiger partial charge in [-0.25, -0.2) is 14.4 Å². The normalized spacial score (nSPS) is 15.1. The SMILES string of the molecule is C[C@@H](Nc1c(Cl)cnc2ccc(-c3cnc(N4CCN(CC(=O)O)CC4)nc3)cc12)c1ccccc1F. The van der Waals surface area contributed by atoms with E-state index in [0.717, 1.165) is 22.0 Å². The predicted octanol–water partition coefficient (Wildman–Crippen LogP) is 4.86. The van der Waals surface area contributed by atoms with E-state index in [1.165, 1.54) is 6.07 Å². The minimum atomic E-state index is -0.819. The third kappa shape index (κ3) is 5.47. The number of anilines is 2. The van der Waals surface area contributed by atoms with Crippen LogP contribution in [0.2, 0.25) is 5.02 Å². The van der Waals surface area contributed by atoms with Crippen LogP contribution in [0.3, 0.4) is 0 Å². The van der Waals surface area contributed by atoms with Crippen molar-refractivity contribution in [3.05, 3.63) is 77.5 Å². The lowest BCUT2D eigenvalue weighted by molar-refractivity contribution is -0.138. The van der Waals surface area contributed by atoms with E-state index < -0.39 is 5.97 Å². The molecule has 0 spiro atoms. The lowest BCUT2D eigenvalue weighted by Gasteiger charge is -2.33. The summed E-state index contributed by atoms with van der Waals surface area (Å²) in [7, 11) is 0. The first-order chi connectivity index (χ1) is 17.9. The molecule has 1 aliphatic rings. The quantitative estimate of drug-likeness (QED) is 0.356. The Morgan fingerprint density at radius 2 is 1.78 bits per heavy atom. The second-order valence-corrected chi connectivity index (χ2v) is 9.44. The van der Waals surface area contributed by atoms with Gasteiger partial charge in [0.25, 0.3) is 0 Å². The van der Waals surface area contributed by atoms with E-state index in [2.05, 4.69) is 25.2 Å². The largest absolute Gasteiger partial charge is 0.480 e. The number of aliphatic carboxylic acids is 1. The monoisotopic (exact) mass is 520 g/mol. The van der Waals surface area contributed by atoms with Crippen LogP contribution in [0, 0.1) is 5.82 Å². The third-order valence-corrected chi connectivity index (χ3v) is 6.83. The molecule has 1 aliphatic heterocycles. The summed E-state index contributed by atoms with van der Waals surface area (Å²) in [6, 6.07) is 12.2. The topological polar surface area (TPSA) is 94.5 Å². The van der Waals surface area contributed by atoms with E-state index in [-0.39, 0.29) is 18.4 Å². The van der Waals surface area contributed by atoms with E-state index in [9.17, 15) is 9.18 Å². The predicted molar refractivity (Wildman–Crippen MR) is 143 cm³/mol. The van der Waals surface area contributed by atoms with Crippen LogP contribution in [0.25, 0.3) is 22.0 Å². The van der Waals surface area contributed by atoms with Gasteiger partial charge >= 0.3 is 5.97 Å². The van der Waals surface area contributed by atoms with Crippen molar-refractivity contribution in [2.45, 2.75) is 13.0 Å². The van der Waals surface area contributed by atoms with E-state index in [4.69, 9.17) is 16.7 Å². The second-order valence-electron chi connectivity index (χ2n) is 9.03. The number of hydrogen-bond acceptors (Lipinski definition) is 7. The van der Waals surface area contributed by atoms with E-state index >= 15 is 0 Å². The molecule has 0 aliphatic carbocycles. The fourth-order valence-corrected chi connectivity index (χ4v) is 4.75. The van der Waals surface area contributed by atoms with Crippen LogP contribution >= 0.6 is 11.6 Å². The molecule has 0 unspecified atom stereocenters. The number of piperazine rings is 1. The minimum Gasteiger partial charge on any atom is -0.480 e. The fraction of sp³-hybridized carbons (Fsp3) is 0.259. The minimum absolute atomic E-state index is 0.0460. The molecule has 2 aromatic carbocycles. The number of carbonyl (C=O) groups is 1. The van der Waals surface area contributed by atoms with Crippen molar-refractivity contribution < 1.29 is 14.3 Å². The molecule has 2 N–H and O–H groups in total. The molecule has 0 bridgehead atoms. The molecular weight excluding hydrogens is 495 g/mol. The van der Waals surface area contributed by atoms with E-state index in [1.54, 1.807) is 36.8 Å². The lowest BCUT2D eigenvalue weighted by atomic mass is 10.0. The average Bonchev–Trinajstić information content (AvgIpc) is 2.90. The standard InChI is InChI=1S/C27H26ClFN6O2/c1-17(20-4-2-3-5-23(20)29)33-26-21-12-18(6-7-24(21)30-15-22(26)28)19-13-31-27(32-14-19)35-10-8-34(9-11-35)16-25(36)37/h2-7,12-15,17H,8-11,16H2,1H3,(H,30,33)(H,36,37)/t17-/m1/s1. The average molecular weight is 521 g/mol. The first kappa shape index (κ1) is 24.9. The van der Waals surface area contributed by atoms with Gasteiger partial charge in [0, 0.05) is 61.3 Å². The molecule has 5 rings (SSSR count). The fourth-order valence-electron chi connectivity index (χ4n) is 4.55. The van der Waals surface area contributed by atoms with Crippen molar-refractivity contribution in [3.63, 3.8) is 0 Å². The Balaban J connectivity index is 1.38. The Labute approximate surface area is 218 Å². The number of hydrogen-bond donors (Lipinski definition) is 2. The number of carboxylic acid groups (broad SMARTS) is 1. The van der Waals surface area contributed by atoms with Gasteiger partial charge in [-0.2, -0.15) is 0 Å². The summed E-state index contributed by atoms with van der Waals surface area (Å²) in [4.78, 5) is 28.5. The Morgan fingerprint density at radius 1 is 1.05 bits per heavy atom. The maximum Gasteiger partial charge on any atom is 0.317 e. The highest BCUT2D eigenvalue weighted by Crippen LogP contribution is 2.35. The maximum atomic E-state index is 14.4. The van der Waals surface area contributed by atoms with E-state index in [0.29, 0.717) is 48.4 Å². The van der Waals surface area contributed by atoms with Crippen LogP contribution in [0.4, 0.5) is 16.0 Å². The first-order valence-corrected chi connectivity index (χ1v) is 12.4. The van der Waals surface area contributed by atoms with Gasteiger partial charge in [0.1, 0.15) is 5.82 Å². The number of fused-ring (bicyclic) bond motifs is 1. The van der Waals surface area contributed by atoms with Gasteiger partial charge < -0.3 is 15.3 Å². The molecule has 0 amide bonds. The molecule has 1 fully saturated rings. The molecule has 2 aromatic heterocycles. The van der Waals surface area contributed by atoms with Crippen molar-refractivity contribution in [3.8, 4) is 11.1 Å². The summed E-state index contributed by atoms with van der Waals surface area (Å²) in [6.45, 7) is 4.57. The van der Waals surface area contributed by atoms with Crippen molar-refractivity contribution in [1.29, 1.82) is 0 Å². The number of pyridine rings is 1. The second kappa shape index (κ2) is 10.7. The van der Waals surface area contributed by atoms with Gasteiger partial charge in [-0.15, -0.1) is 0 Å². The number of benzene rings is 2. The van der Waals surface area contributed by atoms with Crippen molar-refractivity contribution in [2.24, 2.45) is 0 Å². The molecule has 8 nitrogen and oxygen atoms in total. The highest BCUT2D eigenvalue weighted by molar-refractivity contribution is 6.34. The van der Waals surface area contributed by atoms with Crippen molar-refractivity contribution in [2.75, 3.05) is 42.9 Å². The first-order valence-electron chi connectivity index (χ1n) is 12.0. The van der Waals surface area contributed by atoms with Crippen LogP contribution < -0.4 is 10.2 Å². The number of nitrogens with zero attached hydrogens (tertiary/aromatic N) is 5. The van der Waals surface area contributed by atoms with Crippen LogP contribution in [0.5, 0.6) is 0 Å². The zero-order valence-electron chi connectivity index (χ0n) is 20.2. The summed E-state index contributed by atoms with van der Waals surface area (Å²) in [5.74, 6) is -0.482. The van der Waals surface area contributed by atoms with Crippen LogP contribution in [-0.2, 0) is 4.79 Å². The van der Waals surface area contributed by atoms with Crippen LogP contribution in [-0.4, -0.2) is 63.7 Å². The van der Waals surface area contributed by atoms with Gasteiger partial charge in [0.05, 0.1) is 28.8 Å². The molecule has 10 heteroatoms. The molecule has 1 saturated heterocycles.